The number of rotatable bonds is 7. The molecule has 9 heteroatoms. The Morgan fingerprint density at radius 2 is 1.77 bits per heavy atom. The van der Waals surface area contributed by atoms with Crippen LogP contribution in [0.3, 0.4) is 0 Å². The molecular formula is C22H26N2O6S. The second-order valence-electron chi connectivity index (χ2n) is 7.32. The predicted octanol–water partition coefficient (Wildman–Crippen LogP) is 2.96. The Balaban J connectivity index is 1.71. The number of carbonyl (C=O) groups is 2. The van der Waals surface area contributed by atoms with Crippen LogP contribution < -0.4 is 14.4 Å². The molecule has 31 heavy (non-hydrogen) atoms. The molecule has 1 aliphatic rings. The Morgan fingerprint density at radius 1 is 1.10 bits per heavy atom. The monoisotopic (exact) mass is 446 g/mol. The molecule has 1 atom stereocenters. The first-order chi connectivity index (χ1) is 14.8. The first-order valence-corrected chi connectivity index (χ1v) is 11.5. The molecule has 0 unspecified atom stereocenters. The van der Waals surface area contributed by atoms with Gasteiger partial charge in [0.25, 0.3) is 0 Å². The van der Waals surface area contributed by atoms with Crippen molar-refractivity contribution in [2.24, 2.45) is 0 Å². The summed E-state index contributed by atoms with van der Waals surface area (Å²) in [5.41, 5.74) is 0.978. The van der Waals surface area contributed by atoms with Gasteiger partial charge in [0.05, 0.1) is 12.3 Å². The minimum absolute atomic E-state index is 0.217. The van der Waals surface area contributed by atoms with Gasteiger partial charge < -0.3 is 14.8 Å². The van der Waals surface area contributed by atoms with Gasteiger partial charge >= 0.3 is 5.97 Å². The highest BCUT2D eigenvalue weighted by atomic mass is 32.2. The van der Waals surface area contributed by atoms with Crippen molar-refractivity contribution in [1.82, 2.24) is 0 Å². The van der Waals surface area contributed by atoms with E-state index < -0.39 is 26.6 Å². The fourth-order valence-corrected chi connectivity index (χ4v) is 5.33. The van der Waals surface area contributed by atoms with Crippen LogP contribution >= 0.6 is 0 Å². The molecular weight excluding hydrogens is 420 g/mol. The molecule has 1 aliphatic heterocycles. The summed E-state index contributed by atoms with van der Waals surface area (Å²) in [6.45, 7) is 3.56. The first kappa shape index (κ1) is 22.6. The number of anilines is 2. The summed E-state index contributed by atoms with van der Waals surface area (Å²) in [6, 6.07) is 15.1. The van der Waals surface area contributed by atoms with E-state index in [0.717, 1.165) is 0 Å². The quantitative estimate of drug-likeness (QED) is 0.656. The van der Waals surface area contributed by atoms with E-state index in [1.807, 2.05) is 6.07 Å². The summed E-state index contributed by atoms with van der Waals surface area (Å²) in [7, 11) is -3.92. The molecule has 1 amide bonds. The minimum Gasteiger partial charge on any atom is -0.482 e. The SMILES string of the molecule is CCOC(=O)COc1ccc(NC(=O)[C@@]2(C)CCCN(c3ccccc3)S2(=O)=O)cc1. The van der Waals surface area contributed by atoms with E-state index in [2.05, 4.69) is 5.32 Å². The zero-order valence-corrected chi connectivity index (χ0v) is 18.4. The summed E-state index contributed by atoms with van der Waals surface area (Å²) >= 11 is 0. The average Bonchev–Trinajstić information content (AvgIpc) is 2.76. The van der Waals surface area contributed by atoms with Crippen molar-refractivity contribution in [2.75, 3.05) is 29.4 Å². The zero-order valence-electron chi connectivity index (χ0n) is 17.5. The van der Waals surface area contributed by atoms with Gasteiger partial charge in [-0.25, -0.2) is 13.2 Å². The van der Waals surface area contributed by atoms with E-state index in [9.17, 15) is 18.0 Å². The Hall–Kier alpha value is -3.07. The highest BCUT2D eigenvalue weighted by molar-refractivity contribution is 7.95. The lowest BCUT2D eigenvalue weighted by Gasteiger charge is -2.39. The summed E-state index contributed by atoms with van der Waals surface area (Å²) in [4.78, 5) is 24.4. The fourth-order valence-electron chi connectivity index (χ4n) is 3.39. The normalized spacial score (nSPS) is 20.0. The number of ether oxygens (including phenoxy) is 2. The van der Waals surface area contributed by atoms with Crippen LogP contribution in [-0.2, 0) is 24.3 Å². The third-order valence-electron chi connectivity index (χ3n) is 5.17. The van der Waals surface area contributed by atoms with E-state index in [0.29, 0.717) is 30.1 Å². The molecule has 0 bridgehead atoms. The second kappa shape index (κ2) is 9.38. The van der Waals surface area contributed by atoms with Crippen molar-refractivity contribution in [3.05, 3.63) is 54.6 Å². The molecule has 1 heterocycles. The van der Waals surface area contributed by atoms with Crippen molar-refractivity contribution in [1.29, 1.82) is 0 Å². The maximum absolute atomic E-state index is 13.3. The molecule has 1 saturated heterocycles. The number of carbonyl (C=O) groups excluding carboxylic acids is 2. The number of nitrogens with one attached hydrogen (secondary N) is 1. The van der Waals surface area contributed by atoms with Gasteiger partial charge in [0, 0.05) is 12.2 Å². The third-order valence-corrected chi connectivity index (χ3v) is 7.68. The Bertz CT molecular complexity index is 1020. The molecule has 0 aliphatic carbocycles. The molecule has 0 saturated carbocycles. The van der Waals surface area contributed by atoms with Crippen LogP contribution in [0.1, 0.15) is 26.7 Å². The number of nitrogens with zero attached hydrogens (tertiary/aromatic N) is 1. The predicted molar refractivity (Wildman–Crippen MR) is 118 cm³/mol. The van der Waals surface area contributed by atoms with Gasteiger partial charge in [0.15, 0.2) is 11.4 Å². The van der Waals surface area contributed by atoms with Gasteiger partial charge in [-0.3, -0.25) is 9.10 Å². The van der Waals surface area contributed by atoms with Crippen molar-refractivity contribution < 1.29 is 27.5 Å². The van der Waals surface area contributed by atoms with Crippen LogP contribution in [0.4, 0.5) is 11.4 Å². The van der Waals surface area contributed by atoms with E-state index in [1.54, 1.807) is 55.5 Å². The summed E-state index contributed by atoms with van der Waals surface area (Å²) in [5, 5.41) is 2.70. The molecule has 1 fully saturated rings. The number of hydrogen-bond donors (Lipinski definition) is 1. The fraction of sp³-hybridized carbons (Fsp3) is 0.364. The zero-order chi connectivity index (χ0) is 22.5. The summed E-state index contributed by atoms with van der Waals surface area (Å²) in [5.74, 6) is -0.635. The smallest absolute Gasteiger partial charge is 0.344 e. The van der Waals surface area contributed by atoms with Crippen molar-refractivity contribution in [3.8, 4) is 5.75 Å². The lowest BCUT2D eigenvalue weighted by atomic mass is 10.0. The largest absolute Gasteiger partial charge is 0.482 e. The minimum atomic E-state index is -3.92. The molecule has 8 nitrogen and oxygen atoms in total. The van der Waals surface area contributed by atoms with E-state index >= 15 is 0 Å². The number of hydrogen-bond acceptors (Lipinski definition) is 6. The molecule has 1 N–H and O–H groups in total. The maximum atomic E-state index is 13.3. The summed E-state index contributed by atoms with van der Waals surface area (Å²) < 4.78 is 36.5. The van der Waals surface area contributed by atoms with Crippen LogP contribution in [0.25, 0.3) is 0 Å². The molecule has 3 rings (SSSR count). The van der Waals surface area contributed by atoms with Gasteiger partial charge in [0.1, 0.15) is 5.75 Å². The third kappa shape index (κ3) is 4.82. The highest BCUT2D eigenvalue weighted by Crippen LogP contribution is 2.36. The molecule has 2 aromatic rings. The average molecular weight is 447 g/mol. The van der Waals surface area contributed by atoms with Crippen molar-refractivity contribution in [3.63, 3.8) is 0 Å². The van der Waals surface area contributed by atoms with Crippen LogP contribution in [0, 0.1) is 0 Å². The maximum Gasteiger partial charge on any atom is 0.344 e. The molecule has 0 radical (unpaired) electrons. The standard InChI is InChI=1S/C22H26N2O6S/c1-3-29-20(25)16-30-19-12-10-17(11-13-19)23-21(26)22(2)14-7-15-24(31(22,27)28)18-8-5-4-6-9-18/h4-6,8-13H,3,7,14-16H2,1-2H3,(H,23,26)/t22-/m1/s1. The van der Waals surface area contributed by atoms with E-state index in [1.165, 1.54) is 11.2 Å². The van der Waals surface area contributed by atoms with Gasteiger partial charge in [0.2, 0.25) is 15.9 Å². The topological polar surface area (TPSA) is 102 Å². The van der Waals surface area contributed by atoms with Crippen molar-refractivity contribution in [2.45, 2.75) is 31.4 Å². The van der Waals surface area contributed by atoms with Gasteiger partial charge in [-0.15, -0.1) is 0 Å². The Kier molecular flexibility index (Phi) is 6.84. The lowest BCUT2D eigenvalue weighted by Crippen LogP contribution is -2.57. The number of para-hydroxylation sites is 1. The van der Waals surface area contributed by atoms with Crippen LogP contribution in [0.5, 0.6) is 5.75 Å². The van der Waals surface area contributed by atoms with Crippen LogP contribution in [0.15, 0.2) is 54.6 Å². The van der Waals surface area contributed by atoms with Gasteiger partial charge in [-0.2, -0.15) is 0 Å². The number of esters is 1. The summed E-state index contributed by atoms with van der Waals surface area (Å²) in [6.07, 6.45) is 0.796. The molecule has 166 valence electrons. The Morgan fingerprint density at radius 3 is 2.42 bits per heavy atom. The van der Waals surface area contributed by atoms with E-state index in [4.69, 9.17) is 9.47 Å². The van der Waals surface area contributed by atoms with E-state index in [-0.39, 0.29) is 19.6 Å². The van der Waals surface area contributed by atoms with Crippen LogP contribution in [0.2, 0.25) is 0 Å². The molecule has 2 aromatic carbocycles. The van der Waals surface area contributed by atoms with Crippen LogP contribution in [-0.4, -0.2) is 44.8 Å². The number of benzene rings is 2. The highest BCUT2D eigenvalue weighted by Gasteiger charge is 2.51. The first-order valence-electron chi connectivity index (χ1n) is 10.0. The molecule has 0 aromatic heterocycles. The Labute approximate surface area is 182 Å². The van der Waals surface area contributed by atoms with Gasteiger partial charge in [-0.1, -0.05) is 18.2 Å². The van der Waals surface area contributed by atoms with Gasteiger partial charge in [-0.05, 0) is 63.1 Å². The van der Waals surface area contributed by atoms with Crippen molar-refractivity contribution >= 4 is 33.3 Å². The molecule has 0 spiro atoms. The second-order valence-corrected chi connectivity index (χ2v) is 9.61. The number of sulfonamides is 1. The lowest BCUT2D eigenvalue weighted by molar-refractivity contribution is -0.145. The number of amides is 1.